The van der Waals surface area contributed by atoms with Gasteiger partial charge in [-0.25, -0.2) is 9.80 Å². The van der Waals surface area contributed by atoms with Crippen LogP contribution < -0.4 is 10.7 Å². The average Bonchev–Trinajstić information content (AvgIpc) is 2.55. The fourth-order valence-corrected chi connectivity index (χ4v) is 2.00. The summed E-state index contributed by atoms with van der Waals surface area (Å²) in [6.45, 7) is 9.60. The molecule has 0 radical (unpaired) electrons. The van der Waals surface area contributed by atoms with E-state index in [9.17, 15) is 9.59 Å². The summed E-state index contributed by atoms with van der Waals surface area (Å²) in [5.74, 6) is -0.386. The zero-order valence-electron chi connectivity index (χ0n) is 14.6. The van der Waals surface area contributed by atoms with E-state index in [-0.39, 0.29) is 30.7 Å². The molecule has 132 valence electrons. The van der Waals surface area contributed by atoms with Gasteiger partial charge in [-0.15, -0.1) is 6.58 Å². The summed E-state index contributed by atoms with van der Waals surface area (Å²) in [6, 6.07) is 9.10. The highest BCUT2D eigenvalue weighted by atomic mass is 16.5. The topological polar surface area (TPSA) is 70.7 Å². The standard InChI is InChI=1S/C18H27N3O3/c1-5-12-21(13-17(22)24-14(3)6-2)20-18(23)19-15(4)16-10-8-7-9-11-16/h5,7-11,14-15H,1,6,12-13H2,2-4H3,(H2,19,20,23)/t14-,15?/m1/s1. The van der Waals surface area contributed by atoms with Gasteiger partial charge < -0.3 is 10.1 Å². The highest BCUT2D eigenvalue weighted by Crippen LogP contribution is 2.10. The van der Waals surface area contributed by atoms with Crippen molar-refractivity contribution in [1.82, 2.24) is 15.8 Å². The van der Waals surface area contributed by atoms with Crippen molar-refractivity contribution in [2.24, 2.45) is 0 Å². The number of benzene rings is 1. The number of carbonyl (C=O) groups excluding carboxylic acids is 2. The van der Waals surface area contributed by atoms with Crippen LogP contribution in [0.4, 0.5) is 4.79 Å². The molecule has 1 rings (SSSR count). The first-order valence-electron chi connectivity index (χ1n) is 8.13. The molecule has 0 saturated carbocycles. The van der Waals surface area contributed by atoms with Crippen molar-refractivity contribution < 1.29 is 14.3 Å². The zero-order chi connectivity index (χ0) is 17.9. The second-order valence-corrected chi connectivity index (χ2v) is 5.60. The number of hydrazine groups is 1. The molecule has 0 aromatic heterocycles. The molecule has 6 nitrogen and oxygen atoms in total. The summed E-state index contributed by atoms with van der Waals surface area (Å²) in [4.78, 5) is 24.0. The summed E-state index contributed by atoms with van der Waals surface area (Å²) < 4.78 is 5.22. The average molecular weight is 333 g/mol. The number of hydrogen-bond donors (Lipinski definition) is 2. The van der Waals surface area contributed by atoms with Crippen molar-refractivity contribution >= 4 is 12.0 Å². The van der Waals surface area contributed by atoms with E-state index in [1.807, 2.05) is 51.1 Å². The Labute approximate surface area is 143 Å². The van der Waals surface area contributed by atoms with E-state index in [0.29, 0.717) is 6.54 Å². The molecule has 6 heteroatoms. The number of nitrogens with one attached hydrogen (secondary N) is 2. The Kier molecular flexibility index (Phi) is 8.57. The molecule has 1 aromatic carbocycles. The van der Waals surface area contributed by atoms with Gasteiger partial charge in [0.2, 0.25) is 0 Å². The fraction of sp³-hybridized carbons (Fsp3) is 0.444. The third kappa shape index (κ3) is 7.28. The van der Waals surface area contributed by atoms with Gasteiger partial charge in [-0.3, -0.25) is 10.2 Å². The van der Waals surface area contributed by atoms with Crippen LogP contribution in [-0.2, 0) is 9.53 Å². The summed E-state index contributed by atoms with van der Waals surface area (Å²) in [7, 11) is 0. The van der Waals surface area contributed by atoms with Crippen molar-refractivity contribution in [1.29, 1.82) is 0 Å². The number of hydrogen-bond acceptors (Lipinski definition) is 4. The monoisotopic (exact) mass is 333 g/mol. The Morgan fingerprint density at radius 1 is 1.29 bits per heavy atom. The number of ether oxygens (including phenoxy) is 1. The zero-order valence-corrected chi connectivity index (χ0v) is 14.6. The van der Waals surface area contributed by atoms with Crippen molar-refractivity contribution in [2.75, 3.05) is 13.1 Å². The van der Waals surface area contributed by atoms with Crippen LogP contribution in [0.3, 0.4) is 0 Å². The predicted octanol–water partition coefficient (Wildman–Crippen LogP) is 2.79. The highest BCUT2D eigenvalue weighted by molar-refractivity contribution is 5.75. The van der Waals surface area contributed by atoms with E-state index in [0.717, 1.165) is 12.0 Å². The Bertz CT molecular complexity index is 534. The Hall–Kier alpha value is -2.34. The van der Waals surface area contributed by atoms with Crippen LogP contribution in [-0.4, -0.2) is 36.2 Å². The number of nitrogens with zero attached hydrogens (tertiary/aromatic N) is 1. The van der Waals surface area contributed by atoms with Gasteiger partial charge in [-0.05, 0) is 25.8 Å². The van der Waals surface area contributed by atoms with Gasteiger partial charge in [-0.1, -0.05) is 43.3 Å². The molecule has 0 heterocycles. The SMILES string of the molecule is C=CCN(CC(=O)O[C@H](C)CC)NC(=O)NC(C)c1ccccc1. The number of esters is 1. The van der Waals surface area contributed by atoms with Crippen molar-refractivity contribution in [3.63, 3.8) is 0 Å². The lowest BCUT2D eigenvalue weighted by Crippen LogP contribution is -2.50. The Morgan fingerprint density at radius 3 is 2.54 bits per heavy atom. The summed E-state index contributed by atoms with van der Waals surface area (Å²) in [6.07, 6.45) is 2.21. The lowest BCUT2D eigenvalue weighted by Gasteiger charge is -2.23. The minimum atomic E-state index is -0.386. The summed E-state index contributed by atoms with van der Waals surface area (Å²) in [5.41, 5.74) is 3.65. The third-order valence-corrected chi connectivity index (χ3v) is 3.48. The number of amides is 2. The molecule has 0 aliphatic heterocycles. The maximum atomic E-state index is 12.1. The van der Waals surface area contributed by atoms with Crippen molar-refractivity contribution in [3.8, 4) is 0 Å². The van der Waals surface area contributed by atoms with Gasteiger partial charge in [0.15, 0.2) is 0 Å². The molecular weight excluding hydrogens is 306 g/mol. The minimum absolute atomic E-state index is 0.0382. The maximum Gasteiger partial charge on any atom is 0.329 e. The molecule has 0 bridgehead atoms. The second kappa shape index (κ2) is 10.4. The van der Waals surface area contributed by atoms with Gasteiger partial charge in [0.05, 0.1) is 12.1 Å². The predicted molar refractivity (Wildman–Crippen MR) is 94.1 cm³/mol. The number of carbonyl (C=O) groups is 2. The van der Waals surface area contributed by atoms with Gasteiger partial charge >= 0.3 is 12.0 Å². The highest BCUT2D eigenvalue weighted by Gasteiger charge is 2.16. The van der Waals surface area contributed by atoms with E-state index < -0.39 is 0 Å². The van der Waals surface area contributed by atoms with E-state index in [4.69, 9.17) is 4.74 Å². The van der Waals surface area contributed by atoms with E-state index in [1.165, 1.54) is 5.01 Å². The molecule has 2 N–H and O–H groups in total. The molecule has 1 unspecified atom stereocenters. The summed E-state index contributed by atoms with van der Waals surface area (Å²) >= 11 is 0. The van der Waals surface area contributed by atoms with Crippen LogP contribution in [0.25, 0.3) is 0 Å². The molecule has 0 saturated heterocycles. The molecule has 0 spiro atoms. The van der Waals surface area contributed by atoms with Crippen LogP contribution >= 0.6 is 0 Å². The van der Waals surface area contributed by atoms with Crippen LogP contribution in [0.15, 0.2) is 43.0 Å². The Balaban J connectivity index is 2.53. The maximum absolute atomic E-state index is 12.1. The van der Waals surface area contributed by atoms with Crippen LogP contribution in [0.2, 0.25) is 0 Å². The molecule has 2 atom stereocenters. The van der Waals surface area contributed by atoms with Crippen molar-refractivity contribution in [2.45, 2.75) is 39.3 Å². The van der Waals surface area contributed by atoms with Gasteiger partial charge in [0, 0.05) is 6.54 Å². The van der Waals surface area contributed by atoms with E-state index in [2.05, 4.69) is 17.3 Å². The number of urea groups is 1. The molecule has 0 aliphatic carbocycles. The number of rotatable bonds is 9. The molecule has 2 amide bonds. The first-order chi connectivity index (χ1) is 11.5. The second-order valence-electron chi connectivity index (χ2n) is 5.60. The molecular formula is C18H27N3O3. The van der Waals surface area contributed by atoms with Gasteiger partial charge in [-0.2, -0.15) is 0 Å². The van der Waals surface area contributed by atoms with Crippen LogP contribution in [0.1, 0.15) is 38.8 Å². The Morgan fingerprint density at radius 2 is 1.96 bits per heavy atom. The first kappa shape index (κ1) is 19.7. The lowest BCUT2D eigenvalue weighted by atomic mass is 10.1. The van der Waals surface area contributed by atoms with E-state index in [1.54, 1.807) is 6.08 Å². The molecule has 0 fully saturated rings. The quantitative estimate of drug-likeness (QED) is 0.414. The smallest absolute Gasteiger partial charge is 0.329 e. The van der Waals surface area contributed by atoms with Crippen molar-refractivity contribution in [3.05, 3.63) is 48.6 Å². The molecule has 24 heavy (non-hydrogen) atoms. The van der Waals surface area contributed by atoms with Crippen LogP contribution in [0, 0.1) is 0 Å². The molecule has 0 aliphatic rings. The van der Waals surface area contributed by atoms with Gasteiger partial charge in [0.1, 0.15) is 6.54 Å². The molecule has 1 aromatic rings. The fourth-order valence-electron chi connectivity index (χ4n) is 2.00. The summed E-state index contributed by atoms with van der Waals surface area (Å²) in [5, 5.41) is 4.30. The van der Waals surface area contributed by atoms with Gasteiger partial charge in [0.25, 0.3) is 0 Å². The lowest BCUT2D eigenvalue weighted by molar-refractivity contribution is -0.150. The van der Waals surface area contributed by atoms with E-state index >= 15 is 0 Å². The first-order valence-corrected chi connectivity index (χ1v) is 8.13. The normalized spacial score (nSPS) is 13.0. The third-order valence-electron chi connectivity index (χ3n) is 3.48. The minimum Gasteiger partial charge on any atom is -0.462 e. The van der Waals surface area contributed by atoms with Crippen LogP contribution in [0.5, 0.6) is 0 Å². The largest absolute Gasteiger partial charge is 0.462 e.